The first-order valence-corrected chi connectivity index (χ1v) is 8.34. The standard InChI is InChI=1S/C17H30B2O4/c1-10-11-13(19-22-16(6,7)17(8,9)23-19)12-18-20-14(2,3)15(4,5)21-18/h10,12H,1,11H2,2-9H3/b13-12-. The molecule has 2 saturated heterocycles. The summed E-state index contributed by atoms with van der Waals surface area (Å²) in [7, 11) is -0.814. The van der Waals surface area contributed by atoms with E-state index < -0.39 is 14.2 Å². The maximum atomic E-state index is 6.14. The quantitative estimate of drug-likeness (QED) is 0.584. The minimum absolute atomic E-state index is 0.358. The molecule has 0 aromatic carbocycles. The van der Waals surface area contributed by atoms with Gasteiger partial charge in [0, 0.05) is 0 Å². The molecule has 2 rings (SSSR count). The van der Waals surface area contributed by atoms with Crippen molar-refractivity contribution in [3.8, 4) is 0 Å². The average Bonchev–Trinajstić information content (AvgIpc) is 2.68. The van der Waals surface area contributed by atoms with Crippen molar-refractivity contribution < 1.29 is 18.6 Å². The zero-order chi connectivity index (χ0) is 17.7. The summed E-state index contributed by atoms with van der Waals surface area (Å²) in [4.78, 5) is 0. The number of allylic oxidation sites excluding steroid dienone is 2. The molecule has 0 aromatic heterocycles. The lowest BCUT2D eigenvalue weighted by molar-refractivity contribution is 0.00578. The number of rotatable bonds is 4. The van der Waals surface area contributed by atoms with Crippen molar-refractivity contribution in [2.45, 2.75) is 84.2 Å². The van der Waals surface area contributed by atoms with Crippen LogP contribution >= 0.6 is 0 Å². The Bertz CT molecular complexity index is 477. The van der Waals surface area contributed by atoms with E-state index in [0.717, 1.165) is 5.47 Å². The second-order valence-corrected chi connectivity index (χ2v) is 8.45. The fourth-order valence-electron chi connectivity index (χ4n) is 2.54. The Kier molecular flexibility index (Phi) is 4.71. The van der Waals surface area contributed by atoms with E-state index in [-0.39, 0.29) is 22.4 Å². The van der Waals surface area contributed by atoms with Gasteiger partial charge in [0.2, 0.25) is 0 Å². The molecule has 0 N–H and O–H groups in total. The van der Waals surface area contributed by atoms with Crippen molar-refractivity contribution in [1.82, 2.24) is 0 Å². The van der Waals surface area contributed by atoms with Crippen molar-refractivity contribution in [3.63, 3.8) is 0 Å². The van der Waals surface area contributed by atoms with Crippen LogP contribution in [0.1, 0.15) is 61.8 Å². The van der Waals surface area contributed by atoms with Crippen molar-refractivity contribution in [2.24, 2.45) is 0 Å². The first kappa shape index (κ1) is 18.8. The highest BCUT2D eigenvalue weighted by Gasteiger charge is 2.54. The van der Waals surface area contributed by atoms with Crippen molar-refractivity contribution in [3.05, 3.63) is 24.1 Å². The monoisotopic (exact) mass is 320 g/mol. The molecular formula is C17H30B2O4. The highest BCUT2D eigenvalue weighted by atomic mass is 16.7. The molecule has 23 heavy (non-hydrogen) atoms. The maximum absolute atomic E-state index is 6.14. The molecule has 128 valence electrons. The maximum Gasteiger partial charge on any atom is 0.489 e. The van der Waals surface area contributed by atoms with Gasteiger partial charge in [-0.1, -0.05) is 12.1 Å². The van der Waals surface area contributed by atoms with E-state index in [2.05, 4.69) is 6.58 Å². The van der Waals surface area contributed by atoms with Crippen LogP contribution in [0, 0.1) is 0 Å². The summed E-state index contributed by atoms with van der Waals surface area (Å²) < 4.78 is 24.4. The lowest BCUT2D eigenvalue weighted by atomic mass is 9.70. The largest absolute Gasteiger partial charge is 0.489 e. The number of hydrogen-bond acceptors (Lipinski definition) is 4. The van der Waals surface area contributed by atoms with E-state index in [4.69, 9.17) is 18.6 Å². The van der Waals surface area contributed by atoms with Crippen LogP contribution in [0.2, 0.25) is 0 Å². The third-order valence-electron chi connectivity index (χ3n) is 5.56. The fourth-order valence-corrected chi connectivity index (χ4v) is 2.54. The van der Waals surface area contributed by atoms with Gasteiger partial charge in [0.05, 0.1) is 22.4 Å². The van der Waals surface area contributed by atoms with Crippen LogP contribution in [-0.4, -0.2) is 36.6 Å². The Balaban J connectivity index is 2.22. The van der Waals surface area contributed by atoms with Crippen LogP contribution in [0.5, 0.6) is 0 Å². The van der Waals surface area contributed by atoms with Gasteiger partial charge in [0.15, 0.2) is 0 Å². The Morgan fingerprint density at radius 1 is 0.783 bits per heavy atom. The molecule has 0 aliphatic carbocycles. The molecular weight excluding hydrogens is 290 g/mol. The van der Waals surface area contributed by atoms with Crippen LogP contribution in [0.25, 0.3) is 0 Å². The van der Waals surface area contributed by atoms with Gasteiger partial charge in [-0.3, -0.25) is 0 Å². The van der Waals surface area contributed by atoms with Gasteiger partial charge >= 0.3 is 14.2 Å². The van der Waals surface area contributed by atoms with Crippen LogP contribution in [0.3, 0.4) is 0 Å². The van der Waals surface area contributed by atoms with Crippen molar-refractivity contribution >= 4 is 14.2 Å². The Morgan fingerprint density at radius 3 is 1.57 bits per heavy atom. The van der Waals surface area contributed by atoms with Gasteiger partial charge in [0.1, 0.15) is 0 Å². The third-order valence-corrected chi connectivity index (χ3v) is 5.56. The predicted molar refractivity (Wildman–Crippen MR) is 95.1 cm³/mol. The summed E-state index contributed by atoms with van der Waals surface area (Å²) in [5.41, 5.74) is -0.466. The molecule has 2 heterocycles. The molecule has 0 bridgehead atoms. The second-order valence-electron chi connectivity index (χ2n) is 8.45. The first-order valence-electron chi connectivity index (χ1n) is 8.34. The highest BCUT2D eigenvalue weighted by Crippen LogP contribution is 2.41. The zero-order valence-corrected chi connectivity index (χ0v) is 15.9. The van der Waals surface area contributed by atoms with Crippen LogP contribution in [0.15, 0.2) is 24.1 Å². The third kappa shape index (κ3) is 3.46. The second kappa shape index (κ2) is 5.76. The van der Waals surface area contributed by atoms with E-state index in [1.807, 2.05) is 67.4 Å². The van der Waals surface area contributed by atoms with Gasteiger partial charge < -0.3 is 18.6 Å². The van der Waals surface area contributed by atoms with E-state index in [1.165, 1.54) is 0 Å². The molecule has 0 atom stereocenters. The molecule has 2 fully saturated rings. The average molecular weight is 320 g/mol. The van der Waals surface area contributed by atoms with Gasteiger partial charge in [0.25, 0.3) is 0 Å². The molecule has 4 nitrogen and oxygen atoms in total. The van der Waals surface area contributed by atoms with E-state index in [9.17, 15) is 0 Å². The molecule has 0 aromatic rings. The highest BCUT2D eigenvalue weighted by molar-refractivity contribution is 6.60. The minimum atomic E-state index is -0.408. The van der Waals surface area contributed by atoms with Crippen LogP contribution < -0.4 is 0 Å². The van der Waals surface area contributed by atoms with Crippen molar-refractivity contribution in [2.75, 3.05) is 0 Å². The lowest BCUT2D eigenvalue weighted by Gasteiger charge is -2.32. The Morgan fingerprint density at radius 2 is 1.17 bits per heavy atom. The summed E-state index contributed by atoms with van der Waals surface area (Å²) >= 11 is 0. The molecule has 0 saturated carbocycles. The van der Waals surface area contributed by atoms with Gasteiger partial charge in [-0.2, -0.15) is 0 Å². The molecule has 0 amide bonds. The van der Waals surface area contributed by atoms with Crippen LogP contribution in [0.4, 0.5) is 0 Å². The van der Waals surface area contributed by atoms with Gasteiger partial charge in [-0.25, -0.2) is 0 Å². The normalized spacial score (nSPS) is 28.3. The van der Waals surface area contributed by atoms with Gasteiger partial charge in [-0.15, -0.1) is 6.58 Å². The minimum Gasteiger partial charge on any atom is -0.400 e. The first-order chi connectivity index (χ1) is 10.3. The Labute approximate surface area is 141 Å². The smallest absolute Gasteiger partial charge is 0.400 e. The fraction of sp³-hybridized carbons (Fsp3) is 0.765. The van der Waals surface area contributed by atoms with Gasteiger partial charge in [-0.05, 0) is 67.3 Å². The molecule has 2 aliphatic rings. The summed E-state index contributed by atoms with van der Waals surface area (Å²) in [6, 6.07) is 0. The molecule has 0 unspecified atom stereocenters. The Hall–Kier alpha value is -0.550. The summed E-state index contributed by atoms with van der Waals surface area (Å²) in [5.74, 6) is 1.97. The molecule has 0 spiro atoms. The zero-order valence-electron chi connectivity index (χ0n) is 15.9. The topological polar surface area (TPSA) is 36.9 Å². The predicted octanol–water partition coefficient (Wildman–Crippen LogP) is 3.75. The summed E-state index contributed by atoms with van der Waals surface area (Å²) in [5, 5.41) is 0. The molecule has 2 aliphatic heterocycles. The summed E-state index contributed by atoms with van der Waals surface area (Å²) in [6.07, 6.45) is 2.52. The SMILES string of the molecule is C=CC/C(=C/B1OC(C)(C)C(C)(C)O1)B1OC(C)(C)C(C)(C)O1. The van der Waals surface area contributed by atoms with Crippen LogP contribution in [-0.2, 0) is 18.6 Å². The number of hydrogen-bond donors (Lipinski definition) is 0. The van der Waals surface area contributed by atoms with Crippen molar-refractivity contribution in [1.29, 1.82) is 0 Å². The molecule has 0 radical (unpaired) electrons. The van der Waals surface area contributed by atoms with E-state index >= 15 is 0 Å². The van der Waals surface area contributed by atoms with E-state index in [1.54, 1.807) is 0 Å². The molecule has 6 heteroatoms. The summed E-state index contributed by atoms with van der Waals surface area (Å²) in [6.45, 7) is 20.2. The van der Waals surface area contributed by atoms with E-state index in [0.29, 0.717) is 6.42 Å². The lowest BCUT2D eigenvalue weighted by Crippen LogP contribution is -2.41.